The second kappa shape index (κ2) is 7.73. The Morgan fingerprint density at radius 1 is 1.29 bits per heavy atom. The van der Waals surface area contributed by atoms with Gasteiger partial charge in [0.15, 0.2) is 0 Å². The number of nitrogens with zero attached hydrogens (tertiary/aromatic N) is 2. The first-order valence-corrected chi connectivity index (χ1v) is 7.59. The number of anilines is 1. The summed E-state index contributed by atoms with van der Waals surface area (Å²) in [6, 6.07) is 5.37. The van der Waals surface area contributed by atoms with Crippen molar-refractivity contribution in [2.75, 3.05) is 51.3 Å². The standard InChI is InChI=1S/C14H19Cl2N3O2/c1-21-9-4-17-14(20)19-7-5-18(6-8-19)13-10-11(15)2-3-12(13)16/h2-3,10H,4-9H2,1H3,(H,17,20). The second-order valence-electron chi connectivity index (χ2n) is 4.79. The number of rotatable bonds is 4. The lowest BCUT2D eigenvalue weighted by Crippen LogP contribution is -2.52. The number of piperazine rings is 1. The summed E-state index contributed by atoms with van der Waals surface area (Å²) in [5.74, 6) is 0. The summed E-state index contributed by atoms with van der Waals surface area (Å²) in [7, 11) is 1.61. The molecule has 1 aliphatic heterocycles. The molecule has 0 aromatic heterocycles. The molecule has 1 aromatic carbocycles. The van der Waals surface area contributed by atoms with Crippen LogP contribution in [0.4, 0.5) is 10.5 Å². The van der Waals surface area contributed by atoms with Gasteiger partial charge >= 0.3 is 6.03 Å². The summed E-state index contributed by atoms with van der Waals surface area (Å²) < 4.78 is 4.91. The minimum atomic E-state index is -0.0520. The van der Waals surface area contributed by atoms with E-state index in [2.05, 4.69) is 10.2 Å². The summed E-state index contributed by atoms with van der Waals surface area (Å²) in [5.41, 5.74) is 0.920. The first kappa shape index (κ1) is 16.2. The number of hydrogen-bond donors (Lipinski definition) is 1. The average Bonchev–Trinajstić information content (AvgIpc) is 2.50. The largest absolute Gasteiger partial charge is 0.383 e. The van der Waals surface area contributed by atoms with Crippen molar-refractivity contribution in [2.45, 2.75) is 0 Å². The Bertz CT molecular complexity index is 491. The number of carbonyl (C=O) groups excluding carboxylic acids is 1. The maximum absolute atomic E-state index is 11.9. The predicted molar refractivity (Wildman–Crippen MR) is 85.5 cm³/mol. The smallest absolute Gasteiger partial charge is 0.317 e. The van der Waals surface area contributed by atoms with Gasteiger partial charge < -0.3 is 19.9 Å². The maximum atomic E-state index is 11.9. The molecule has 0 bridgehead atoms. The van der Waals surface area contributed by atoms with Gasteiger partial charge in [-0.15, -0.1) is 0 Å². The number of amides is 2. The van der Waals surface area contributed by atoms with E-state index in [1.54, 1.807) is 24.1 Å². The molecular weight excluding hydrogens is 313 g/mol. The van der Waals surface area contributed by atoms with Gasteiger partial charge in [-0.1, -0.05) is 23.2 Å². The van der Waals surface area contributed by atoms with Crippen LogP contribution in [-0.4, -0.2) is 57.4 Å². The van der Waals surface area contributed by atoms with Crippen LogP contribution in [-0.2, 0) is 4.74 Å². The van der Waals surface area contributed by atoms with Gasteiger partial charge in [-0.3, -0.25) is 0 Å². The van der Waals surface area contributed by atoms with Gasteiger partial charge in [-0.2, -0.15) is 0 Å². The first-order valence-electron chi connectivity index (χ1n) is 6.83. The number of halogens is 2. The molecule has 1 heterocycles. The summed E-state index contributed by atoms with van der Waals surface area (Å²) >= 11 is 12.2. The second-order valence-corrected chi connectivity index (χ2v) is 5.64. The van der Waals surface area contributed by atoms with Gasteiger partial charge in [-0.05, 0) is 18.2 Å². The molecule has 0 saturated carbocycles. The fourth-order valence-corrected chi connectivity index (χ4v) is 2.65. The van der Waals surface area contributed by atoms with Crippen molar-refractivity contribution >= 4 is 34.9 Å². The topological polar surface area (TPSA) is 44.8 Å². The molecule has 5 nitrogen and oxygen atoms in total. The zero-order chi connectivity index (χ0) is 15.2. The zero-order valence-electron chi connectivity index (χ0n) is 11.9. The molecule has 0 spiro atoms. The molecule has 2 amide bonds. The fraction of sp³-hybridized carbons (Fsp3) is 0.500. The highest BCUT2D eigenvalue weighted by atomic mass is 35.5. The molecule has 1 aliphatic rings. The molecule has 2 rings (SSSR count). The molecule has 21 heavy (non-hydrogen) atoms. The Balaban J connectivity index is 1.88. The molecule has 1 aromatic rings. The summed E-state index contributed by atoms with van der Waals surface area (Å²) in [4.78, 5) is 15.9. The van der Waals surface area contributed by atoms with Crippen molar-refractivity contribution in [3.05, 3.63) is 28.2 Å². The van der Waals surface area contributed by atoms with Crippen molar-refractivity contribution in [3.63, 3.8) is 0 Å². The Kier molecular flexibility index (Phi) is 5.96. The maximum Gasteiger partial charge on any atom is 0.317 e. The highest BCUT2D eigenvalue weighted by Crippen LogP contribution is 2.29. The third kappa shape index (κ3) is 4.40. The number of ether oxygens (including phenoxy) is 1. The highest BCUT2D eigenvalue weighted by molar-refractivity contribution is 6.35. The SMILES string of the molecule is COCCNC(=O)N1CCN(c2cc(Cl)ccc2Cl)CC1. The van der Waals surface area contributed by atoms with Crippen LogP contribution in [0, 0.1) is 0 Å². The van der Waals surface area contributed by atoms with E-state index in [9.17, 15) is 4.79 Å². The average molecular weight is 332 g/mol. The third-order valence-corrected chi connectivity index (χ3v) is 3.95. The van der Waals surface area contributed by atoms with Crippen molar-refractivity contribution in [3.8, 4) is 0 Å². The van der Waals surface area contributed by atoms with Gasteiger partial charge in [0.05, 0.1) is 17.3 Å². The lowest BCUT2D eigenvalue weighted by Gasteiger charge is -2.36. The number of carbonyl (C=O) groups is 1. The van der Waals surface area contributed by atoms with Gasteiger partial charge in [0.25, 0.3) is 0 Å². The van der Waals surface area contributed by atoms with Crippen LogP contribution in [0.25, 0.3) is 0 Å². The van der Waals surface area contributed by atoms with Crippen molar-refractivity contribution in [1.29, 1.82) is 0 Å². The molecular formula is C14H19Cl2N3O2. The molecule has 1 fully saturated rings. The Morgan fingerprint density at radius 2 is 2.00 bits per heavy atom. The van der Waals surface area contributed by atoms with Crippen LogP contribution in [0.3, 0.4) is 0 Å². The molecule has 0 aliphatic carbocycles. The number of benzene rings is 1. The van der Waals surface area contributed by atoms with Crippen LogP contribution in [0.1, 0.15) is 0 Å². The first-order chi connectivity index (χ1) is 10.1. The van der Waals surface area contributed by atoms with Crippen molar-refractivity contribution in [2.24, 2.45) is 0 Å². The van der Waals surface area contributed by atoms with E-state index < -0.39 is 0 Å². The van der Waals surface area contributed by atoms with E-state index >= 15 is 0 Å². The number of urea groups is 1. The Hall–Kier alpha value is -1.17. The van der Waals surface area contributed by atoms with E-state index in [1.807, 2.05) is 6.07 Å². The van der Waals surface area contributed by atoms with E-state index in [1.165, 1.54) is 0 Å². The molecule has 1 saturated heterocycles. The number of nitrogens with one attached hydrogen (secondary N) is 1. The van der Waals surface area contributed by atoms with E-state index in [-0.39, 0.29) is 6.03 Å². The zero-order valence-corrected chi connectivity index (χ0v) is 13.5. The summed E-state index contributed by atoms with van der Waals surface area (Å²) in [5, 5.41) is 4.16. The molecule has 0 atom stereocenters. The van der Waals surface area contributed by atoms with Gasteiger partial charge in [-0.25, -0.2) is 4.79 Å². The minimum absolute atomic E-state index is 0.0520. The van der Waals surface area contributed by atoms with Crippen LogP contribution < -0.4 is 10.2 Å². The van der Waals surface area contributed by atoms with E-state index in [0.717, 1.165) is 18.8 Å². The Labute approximate surface area is 134 Å². The van der Waals surface area contributed by atoms with Crippen molar-refractivity contribution < 1.29 is 9.53 Å². The number of hydrogen-bond acceptors (Lipinski definition) is 3. The molecule has 0 unspecified atom stereocenters. The minimum Gasteiger partial charge on any atom is -0.383 e. The fourth-order valence-electron chi connectivity index (χ4n) is 2.25. The third-order valence-electron chi connectivity index (χ3n) is 3.40. The van der Waals surface area contributed by atoms with Crippen LogP contribution >= 0.6 is 23.2 Å². The lowest BCUT2D eigenvalue weighted by atomic mass is 10.2. The molecule has 1 N–H and O–H groups in total. The quantitative estimate of drug-likeness (QED) is 0.862. The Morgan fingerprint density at radius 3 is 2.67 bits per heavy atom. The lowest BCUT2D eigenvalue weighted by molar-refractivity contribution is 0.177. The molecule has 0 radical (unpaired) electrons. The van der Waals surface area contributed by atoms with Crippen LogP contribution in [0.15, 0.2) is 18.2 Å². The normalized spacial score (nSPS) is 15.2. The monoisotopic (exact) mass is 331 g/mol. The van der Waals surface area contributed by atoms with Crippen LogP contribution in [0.2, 0.25) is 10.0 Å². The highest BCUT2D eigenvalue weighted by Gasteiger charge is 2.22. The molecule has 7 heteroatoms. The van der Waals surface area contributed by atoms with Crippen molar-refractivity contribution in [1.82, 2.24) is 10.2 Å². The molecule has 116 valence electrons. The van der Waals surface area contributed by atoms with Gasteiger partial charge in [0.1, 0.15) is 0 Å². The predicted octanol–water partition coefficient (Wildman–Crippen LogP) is 2.47. The number of methoxy groups -OCH3 is 1. The van der Waals surface area contributed by atoms with Gasteiger partial charge in [0, 0.05) is 44.9 Å². The van der Waals surface area contributed by atoms with Gasteiger partial charge in [0.2, 0.25) is 0 Å². The summed E-state index contributed by atoms with van der Waals surface area (Å²) in [6.07, 6.45) is 0. The summed E-state index contributed by atoms with van der Waals surface area (Å²) in [6.45, 7) is 3.82. The van der Waals surface area contributed by atoms with Crippen LogP contribution in [0.5, 0.6) is 0 Å². The van der Waals surface area contributed by atoms with E-state index in [4.69, 9.17) is 27.9 Å². The van der Waals surface area contributed by atoms with E-state index in [0.29, 0.717) is 36.3 Å².